The van der Waals surface area contributed by atoms with Gasteiger partial charge in [-0.15, -0.1) is 0 Å². The molecule has 0 radical (unpaired) electrons. The van der Waals surface area contributed by atoms with Crippen molar-refractivity contribution in [2.75, 3.05) is 5.32 Å². The minimum absolute atomic E-state index is 0.0155. The van der Waals surface area contributed by atoms with Gasteiger partial charge in [0.25, 0.3) is 11.4 Å². The largest absolute Gasteiger partial charge is 0.368 e. The minimum atomic E-state index is -4.03. The topological polar surface area (TPSA) is 134 Å². The van der Waals surface area contributed by atoms with Crippen molar-refractivity contribution >= 4 is 24.7 Å². The van der Waals surface area contributed by atoms with Crippen molar-refractivity contribution in [3.63, 3.8) is 0 Å². The molecule has 0 bridgehead atoms. The van der Waals surface area contributed by atoms with E-state index in [1.54, 1.807) is 0 Å². The number of nitrogens with one attached hydrogen (secondary N) is 1. The summed E-state index contributed by atoms with van der Waals surface area (Å²) in [4.78, 5) is 21.2. The molecule has 38 heavy (non-hydrogen) atoms. The molecule has 4 aromatic carbocycles. The Morgan fingerprint density at radius 1 is 0.658 bits per heavy atom. The van der Waals surface area contributed by atoms with Gasteiger partial charge in [0.2, 0.25) is 0 Å². The van der Waals surface area contributed by atoms with Gasteiger partial charge in [0.15, 0.2) is 5.78 Å². The van der Waals surface area contributed by atoms with E-state index in [9.17, 15) is 24.8 Å². The van der Waals surface area contributed by atoms with Crippen molar-refractivity contribution in [1.82, 2.24) is 0 Å². The van der Waals surface area contributed by atoms with Crippen LogP contribution in [0.4, 0.5) is 17.1 Å². The maximum atomic E-state index is 14.5. The lowest BCUT2D eigenvalue weighted by Crippen LogP contribution is -2.15. The first-order valence-electron chi connectivity index (χ1n) is 11.6. The number of nitro groups is 2. The monoisotopic (exact) mass is 533 g/mol. The maximum Gasteiger partial charge on any atom is 0.357 e. The van der Waals surface area contributed by atoms with Crippen molar-refractivity contribution in [3.05, 3.63) is 146 Å². The van der Waals surface area contributed by atoms with Crippen LogP contribution in [0.15, 0.2) is 109 Å². The summed E-state index contributed by atoms with van der Waals surface area (Å²) < 4.78 is 26.5. The van der Waals surface area contributed by atoms with Crippen LogP contribution in [-0.2, 0) is 26.8 Å². The molecule has 0 spiro atoms. The highest BCUT2D eigenvalue weighted by atomic mass is 31.2. The van der Waals surface area contributed by atoms with E-state index >= 15 is 0 Å². The Hall–Kier alpha value is -4.37. The molecule has 0 aromatic heterocycles. The molecule has 0 saturated heterocycles. The van der Waals surface area contributed by atoms with Gasteiger partial charge in [-0.3, -0.25) is 24.8 Å². The summed E-state index contributed by atoms with van der Waals surface area (Å²) in [5.74, 6) is -1.09. The molecule has 4 rings (SSSR count). The highest BCUT2D eigenvalue weighted by Crippen LogP contribution is 2.62. The number of rotatable bonds is 12. The molecule has 0 fully saturated rings. The summed E-state index contributed by atoms with van der Waals surface area (Å²) in [7, 11) is -4.03. The summed E-state index contributed by atoms with van der Waals surface area (Å²) in [6.45, 7) is -0.0311. The molecular formula is C27H24N3O7P. The number of anilines is 1. The molecule has 10 nitrogen and oxygen atoms in total. The van der Waals surface area contributed by atoms with Gasteiger partial charge < -0.3 is 14.4 Å². The lowest BCUT2D eigenvalue weighted by Gasteiger charge is -2.29. The van der Waals surface area contributed by atoms with Crippen molar-refractivity contribution < 1.29 is 23.5 Å². The van der Waals surface area contributed by atoms with E-state index in [1.165, 1.54) is 48.5 Å². The van der Waals surface area contributed by atoms with Gasteiger partial charge in [-0.05, 0) is 41.0 Å². The zero-order chi connectivity index (χ0) is 27.0. The van der Waals surface area contributed by atoms with Crippen molar-refractivity contribution in [3.8, 4) is 0 Å². The SMILES string of the molecule is O=[N+]([O-])c1ccc(NC(c2ccc([N+](=O)[O-])cc2)P(=O)(OCc2ccccc2)OCc2ccccc2)cc1. The Labute approximate surface area is 218 Å². The normalized spacial score (nSPS) is 12.0. The molecule has 11 heteroatoms. The molecule has 0 aliphatic rings. The average molecular weight is 533 g/mol. The molecule has 1 unspecified atom stereocenters. The average Bonchev–Trinajstić information content (AvgIpc) is 2.95. The molecular weight excluding hydrogens is 509 g/mol. The van der Waals surface area contributed by atoms with Crippen LogP contribution in [0.1, 0.15) is 22.5 Å². The van der Waals surface area contributed by atoms with E-state index in [4.69, 9.17) is 9.05 Å². The first kappa shape index (κ1) is 26.7. The predicted octanol–water partition coefficient (Wildman–Crippen LogP) is 7.24. The summed E-state index contributed by atoms with van der Waals surface area (Å²) in [5, 5.41) is 25.4. The highest BCUT2D eigenvalue weighted by Gasteiger charge is 2.38. The van der Waals surface area contributed by atoms with Crippen LogP contribution in [0.3, 0.4) is 0 Å². The summed E-state index contributed by atoms with van der Waals surface area (Å²) in [6.07, 6.45) is 0. The quantitative estimate of drug-likeness (QED) is 0.114. The van der Waals surface area contributed by atoms with Gasteiger partial charge >= 0.3 is 7.60 Å². The smallest absolute Gasteiger partial charge is 0.357 e. The number of hydrogen-bond donors (Lipinski definition) is 1. The number of benzene rings is 4. The van der Waals surface area contributed by atoms with Crippen LogP contribution in [-0.4, -0.2) is 9.85 Å². The molecule has 0 heterocycles. The number of nitrogens with zero attached hydrogens (tertiary/aromatic N) is 2. The molecule has 194 valence electrons. The van der Waals surface area contributed by atoms with Gasteiger partial charge in [0.1, 0.15) is 0 Å². The van der Waals surface area contributed by atoms with Gasteiger partial charge in [0.05, 0.1) is 23.1 Å². The van der Waals surface area contributed by atoms with Crippen LogP contribution in [0, 0.1) is 20.2 Å². The Kier molecular flexibility index (Phi) is 8.60. The van der Waals surface area contributed by atoms with Crippen molar-refractivity contribution in [1.29, 1.82) is 0 Å². The van der Waals surface area contributed by atoms with Crippen molar-refractivity contribution in [2.45, 2.75) is 19.0 Å². The lowest BCUT2D eigenvalue weighted by atomic mass is 10.2. The van der Waals surface area contributed by atoms with Crippen molar-refractivity contribution in [2.24, 2.45) is 0 Å². The van der Waals surface area contributed by atoms with E-state index in [2.05, 4.69) is 5.32 Å². The second kappa shape index (κ2) is 12.2. The third-order valence-electron chi connectivity index (χ3n) is 5.63. The molecule has 0 aliphatic heterocycles. The molecule has 0 saturated carbocycles. The second-order valence-corrected chi connectivity index (χ2v) is 10.4. The van der Waals surface area contributed by atoms with E-state index in [1.807, 2.05) is 60.7 Å². The minimum Gasteiger partial charge on any atom is -0.368 e. The lowest BCUT2D eigenvalue weighted by molar-refractivity contribution is -0.385. The van der Waals surface area contributed by atoms with Crippen LogP contribution in [0.25, 0.3) is 0 Å². The predicted molar refractivity (Wildman–Crippen MR) is 143 cm³/mol. The Balaban J connectivity index is 1.72. The molecule has 0 aliphatic carbocycles. The van der Waals surface area contributed by atoms with Gasteiger partial charge in [-0.1, -0.05) is 60.7 Å². The fraction of sp³-hybridized carbons (Fsp3) is 0.111. The van der Waals surface area contributed by atoms with Crippen LogP contribution >= 0.6 is 7.60 Å². The van der Waals surface area contributed by atoms with E-state index in [0.717, 1.165) is 11.1 Å². The van der Waals surface area contributed by atoms with Gasteiger partial charge in [-0.2, -0.15) is 0 Å². The molecule has 0 amide bonds. The molecule has 4 aromatic rings. The highest BCUT2D eigenvalue weighted by molar-refractivity contribution is 7.54. The summed E-state index contributed by atoms with van der Waals surface area (Å²) >= 11 is 0. The third kappa shape index (κ3) is 6.89. The standard InChI is InChI=1S/C27H24N3O7P/c31-29(32)25-15-11-23(12-16-25)27(28-24-13-17-26(18-14-24)30(33)34)38(35,36-19-21-7-3-1-4-8-21)37-20-22-9-5-2-6-10-22/h1-18,27-28H,19-20H2. The van der Waals surface area contributed by atoms with Gasteiger partial charge in [-0.25, -0.2) is 0 Å². The maximum absolute atomic E-state index is 14.5. The molecule has 1 N–H and O–H groups in total. The number of hydrogen-bond acceptors (Lipinski definition) is 8. The van der Waals surface area contributed by atoms with E-state index in [-0.39, 0.29) is 24.6 Å². The fourth-order valence-corrected chi connectivity index (χ4v) is 5.50. The molecule has 1 atom stereocenters. The van der Waals surface area contributed by atoms with Gasteiger partial charge in [0, 0.05) is 30.0 Å². The first-order chi connectivity index (χ1) is 18.3. The first-order valence-corrected chi connectivity index (χ1v) is 13.2. The Morgan fingerprint density at radius 2 is 1.08 bits per heavy atom. The van der Waals surface area contributed by atoms with Crippen LogP contribution < -0.4 is 5.32 Å². The second-order valence-electron chi connectivity index (χ2n) is 8.26. The zero-order valence-electron chi connectivity index (χ0n) is 20.1. The van der Waals surface area contributed by atoms with E-state index < -0.39 is 23.2 Å². The summed E-state index contributed by atoms with van der Waals surface area (Å²) in [6, 6.07) is 29.5. The van der Waals surface area contributed by atoms with E-state index in [0.29, 0.717) is 11.3 Å². The third-order valence-corrected chi connectivity index (χ3v) is 7.66. The summed E-state index contributed by atoms with van der Waals surface area (Å²) in [5.41, 5.74) is 2.14. The van der Waals surface area contributed by atoms with Crippen LogP contribution in [0.5, 0.6) is 0 Å². The number of nitro benzene ring substituents is 2. The Bertz CT molecular complexity index is 1370. The fourth-order valence-electron chi connectivity index (χ4n) is 3.62. The zero-order valence-corrected chi connectivity index (χ0v) is 21.0. The van der Waals surface area contributed by atoms with Crippen LogP contribution in [0.2, 0.25) is 0 Å². The Morgan fingerprint density at radius 3 is 1.50 bits per heavy atom. The number of non-ortho nitro benzene ring substituents is 2.